The van der Waals surface area contributed by atoms with Crippen LogP contribution in [0.4, 0.5) is 0 Å². The minimum Gasteiger partial charge on any atom is -0.465 e. The number of hydrogen-bond donors (Lipinski definition) is 0. The zero-order chi connectivity index (χ0) is 8.57. The lowest BCUT2D eigenvalue weighted by Gasteiger charge is -1.96. The number of carbonyl (C=O) groups is 1. The highest BCUT2D eigenvalue weighted by molar-refractivity contribution is 5.37. The van der Waals surface area contributed by atoms with Crippen molar-refractivity contribution in [2.75, 3.05) is 21.1 Å². The van der Waals surface area contributed by atoms with Crippen molar-refractivity contribution >= 4 is 6.47 Å². The maximum Gasteiger partial charge on any atom is 0.293 e. The van der Waals surface area contributed by atoms with Gasteiger partial charge in [-0.15, -0.1) is 0 Å². The van der Waals surface area contributed by atoms with Crippen LogP contribution in [-0.4, -0.2) is 38.6 Å². The molecule has 0 N–H and O–H groups in total. The molecule has 0 spiro atoms. The molecule has 62 valence electrons. The second-order valence-corrected chi connectivity index (χ2v) is 2.62. The largest absolute Gasteiger partial charge is 0.465 e. The molecule has 0 aromatic carbocycles. The van der Waals surface area contributed by atoms with Crippen LogP contribution >= 0.6 is 0 Å². The average Bonchev–Trinajstić information content (AvgIpc) is 1.62. The fourth-order valence-electron chi connectivity index (χ4n) is 0.111. The van der Waals surface area contributed by atoms with Gasteiger partial charge in [-0.25, -0.2) is 0 Å². The molecule has 0 bridgehead atoms. The van der Waals surface area contributed by atoms with Crippen molar-refractivity contribution in [3.8, 4) is 0 Å². The molecule has 0 radical (unpaired) electrons. The van der Waals surface area contributed by atoms with Gasteiger partial charge < -0.3 is 9.64 Å². The van der Waals surface area contributed by atoms with Crippen molar-refractivity contribution in [2.24, 2.45) is 0 Å². The van der Waals surface area contributed by atoms with Crippen molar-refractivity contribution in [1.29, 1.82) is 0 Å². The minimum absolute atomic E-state index is 0.0301. The Balaban J connectivity index is 0. The zero-order valence-electron chi connectivity index (χ0n) is 7.42. The molecule has 3 nitrogen and oxygen atoms in total. The third-order valence-electron chi connectivity index (χ3n) is 0.328. The normalized spacial score (nSPS) is 8.70. The number of nitrogens with zero attached hydrogens (tertiary/aromatic N) is 1. The summed E-state index contributed by atoms with van der Waals surface area (Å²) < 4.78 is 4.36. The quantitative estimate of drug-likeness (QED) is 0.540. The van der Waals surface area contributed by atoms with Crippen LogP contribution in [0, 0.1) is 0 Å². The van der Waals surface area contributed by atoms with Gasteiger partial charge in [0, 0.05) is 0 Å². The predicted octanol–water partition coefficient (Wildman–Crippen LogP) is 0.746. The summed E-state index contributed by atoms with van der Waals surface area (Å²) >= 11 is 0. The van der Waals surface area contributed by atoms with Gasteiger partial charge in [0.1, 0.15) is 0 Å². The number of ether oxygens (including phenoxy) is 1. The van der Waals surface area contributed by atoms with Crippen LogP contribution in [0.2, 0.25) is 0 Å². The third kappa shape index (κ3) is 52.0. The summed E-state index contributed by atoms with van der Waals surface area (Å²) in [5.74, 6) is 0. The highest BCUT2D eigenvalue weighted by Gasteiger charge is 1.83. The van der Waals surface area contributed by atoms with Gasteiger partial charge in [0.2, 0.25) is 0 Å². The molecule has 0 saturated carbocycles. The molecule has 0 fully saturated rings. The summed E-state index contributed by atoms with van der Waals surface area (Å²) in [6.07, 6.45) is 0.0301. The van der Waals surface area contributed by atoms with E-state index in [2.05, 4.69) is 4.74 Å². The van der Waals surface area contributed by atoms with Crippen LogP contribution in [0.15, 0.2) is 0 Å². The molecule has 0 heterocycles. The number of carbonyl (C=O) groups excluding carboxylic acids is 1. The van der Waals surface area contributed by atoms with Crippen LogP contribution in [0.25, 0.3) is 0 Å². The monoisotopic (exact) mass is 147 g/mol. The smallest absolute Gasteiger partial charge is 0.293 e. The van der Waals surface area contributed by atoms with Crippen molar-refractivity contribution in [1.82, 2.24) is 4.90 Å². The Bertz CT molecular complexity index is 69.3. The summed E-state index contributed by atoms with van der Waals surface area (Å²) in [5.41, 5.74) is 0. The van der Waals surface area contributed by atoms with E-state index in [4.69, 9.17) is 0 Å². The first-order valence-electron chi connectivity index (χ1n) is 3.20. The molecule has 0 aliphatic rings. The van der Waals surface area contributed by atoms with Crippen LogP contribution in [0.1, 0.15) is 13.8 Å². The van der Waals surface area contributed by atoms with E-state index in [9.17, 15) is 4.79 Å². The van der Waals surface area contributed by atoms with Crippen LogP contribution in [0.3, 0.4) is 0 Å². The lowest BCUT2D eigenvalue weighted by atomic mass is 10.5. The molecule has 0 amide bonds. The summed E-state index contributed by atoms with van der Waals surface area (Å²) in [6, 6.07) is 0. The second-order valence-electron chi connectivity index (χ2n) is 2.62. The van der Waals surface area contributed by atoms with Gasteiger partial charge in [-0.1, -0.05) is 0 Å². The van der Waals surface area contributed by atoms with Crippen molar-refractivity contribution in [2.45, 2.75) is 20.0 Å². The first-order chi connectivity index (χ1) is 4.50. The molecule has 3 heteroatoms. The molecule has 0 unspecified atom stereocenters. The molecule has 0 atom stereocenters. The minimum atomic E-state index is 0.0301. The standard InChI is InChI=1S/C4H8O2.C3H9N/c1-4(2)6-3-5;1-4(2)3/h3-4H,1-2H3;1-3H3. The van der Waals surface area contributed by atoms with E-state index in [1.165, 1.54) is 0 Å². The van der Waals surface area contributed by atoms with Crippen molar-refractivity contribution in [3.05, 3.63) is 0 Å². The molecule has 0 rings (SSSR count). The van der Waals surface area contributed by atoms with E-state index >= 15 is 0 Å². The van der Waals surface area contributed by atoms with E-state index in [-0.39, 0.29) is 6.10 Å². The summed E-state index contributed by atoms with van der Waals surface area (Å²) in [5, 5.41) is 0. The molecule has 10 heavy (non-hydrogen) atoms. The Hall–Kier alpha value is -0.570. The van der Waals surface area contributed by atoms with Gasteiger partial charge in [-0.05, 0) is 35.0 Å². The maximum atomic E-state index is 9.39. The SMILES string of the molecule is CC(C)OC=O.CN(C)C. The third-order valence-corrected chi connectivity index (χ3v) is 0.328. The molecule has 0 aromatic heterocycles. The first-order valence-corrected chi connectivity index (χ1v) is 3.20. The van der Waals surface area contributed by atoms with Gasteiger partial charge in [0.05, 0.1) is 6.10 Å². The lowest BCUT2D eigenvalue weighted by Crippen LogP contribution is -1.99. The van der Waals surface area contributed by atoms with Gasteiger partial charge in [-0.2, -0.15) is 0 Å². The van der Waals surface area contributed by atoms with Crippen LogP contribution in [-0.2, 0) is 9.53 Å². The number of rotatable bonds is 2. The molecule has 0 saturated heterocycles. The highest BCUT2D eigenvalue weighted by Crippen LogP contribution is 1.79. The van der Waals surface area contributed by atoms with E-state index in [0.717, 1.165) is 0 Å². The molecule has 0 aliphatic heterocycles. The first kappa shape index (κ1) is 12.1. The molecular formula is C7H17NO2. The fourth-order valence-corrected chi connectivity index (χ4v) is 0.111. The predicted molar refractivity (Wildman–Crippen MR) is 41.9 cm³/mol. The zero-order valence-corrected chi connectivity index (χ0v) is 7.42. The fraction of sp³-hybridized carbons (Fsp3) is 0.857. The van der Waals surface area contributed by atoms with Gasteiger partial charge in [-0.3, -0.25) is 4.79 Å². The Morgan fingerprint density at radius 2 is 1.60 bits per heavy atom. The average molecular weight is 147 g/mol. The Morgan fingerprint density at radius 3 is 1.60 bits per heavy atom. The van der Waals surface area contributed by atoms with Crippen molar-refractivity contribution < 1.29 is 9.53 Å². The molecule has 0 aliphatic carbocycles. The molecular weight excluding hydrogens is 130 g/mol. The van der Waals surface area contributed by atoms with E-state index in [1.807, 2.05) is 26.0 Å². The topological polar surface area (TPSA) is 29.5 Å². The Morgan fingerprint density at radius 1 is 1.30 bits per heavy atom. The summed E-state index contributed by atoms with van der Waals surface area (Å²) in [7, 11) is 6.00. The molecule has 0 aromatic rings. The Kier molecular flexibility index (Phi) is 10.2. The van der Waals surface area contributed by atoms with E-state index in [0.29, 0.717) is 6.47 Å². The van der Waals surface area contributed by atoms with Gasteiger partial charge >= 0.3 is 0 Å². The van der Waals surface area contributed by atoms with Gasteiger partial charge in [0.25, 0.3) is 6.47 Å². The lowest BCUT2D eigenvalue weighted by molar-refractivity contribution is -0.131. The second kappa shape index (κ2) is 8.43. The van der Waals surface area contributed by atoms with Crippen molar-refractivity contribution in [3.63, 3.8) is 0 Å². The Labute approximate surface area is 63.0 Å². The number of hydrogen-bond acceptors (Lipinski definition) is 3. The summed E-state index contributed by atoms with van der Waals surface area (Å²) in [6.45, 7) is 4.05. The van der Waals surface area contributed by atoms with Gasteiger partial charge in [0.15, 0.2) is 0 Å². The summed E-state index contributed by atoms with van der Waals surface area (Å²) in [4.78, 5) is 11.4. The van der Waals surface area contributed by atoms with Crippen LogP contribution < -0.4 is 0 Å². The van der Waals surface area contributed by atoms with E-state index < -0.39 is 0 Å². The van der Waals surface area contributed by atoms with E-state index in [1.54, 1.807) is 13.8 Å². The van der Waals surface area contributed by atoms with Crippen LogP contribution in [0.5, 0.6) is 0 Å². The maximum absolute atomic E-state index is 9.39. The highest BCUT2D eigenvalue weighted by atomic mass is 16.5.